The molecule has 2 N–H and O–H groups in total. The molecule has 0 unspecified atom stereocenters. The van der Waals surface area contributed by atoms with E-state index < -0.39 is 16.1 Å². The van der Waals surface area contributed by atoms with Gasteiger partial charge in [0.2, 0.25) is 5.91 Å². The normalized spacial score (nSPS) is 23.9. The van der Waals surface area contributed by atoms with Crippen LogP contribution in [0.2, 0.25) is 0 Å². The lowest BCUT2D eigenvalue weighted by Crippen LogP contribution is -2.47. The van der Waals surface area contributed by atoms with Gasteiger partial charge >= 0.3 is 10.2 Å². The highest BCUT2D eigenvalue weighted by molar-refractivity contribution is 7.86. The van der Waals surface area contributed by atoms with Crippen molar-refractivity contribution >= 4 is 16.1 Å². The maximum atomic E-state index is 12.6. The molecule has 0 saturated carbocycles. The van der Waals surface area contributed by atoms with Gasteiger partial charge in [-0.15, -0.1) is 0 Å². The van der Waals surface area contributed by atoms with Crippen molar-refractivity contribution in [1.29, 1.82) is 0 Å². The molecule has 0 spiro atoms. The summed E-state index contributed by atoms with van der Waals surface area (Å²) in [6.45, 7) is 1.72. The molecule has 2 aliphatic heterocycles. The molecule has 0 aromatic heterocycles. The molecule has 2 fully saturated rings. The summed E-state index contributed by atoms with van der Waals surface area (Å²) in [5.41, 5.74) is 6.49. The zero-order chi connectivity index (χ0) is 16.4. The summed E-state index contributed by atoms with van der Waals surface area (Å²) in [7, 11) is -3.69. The number of hydrogen-bond acceptors (Lipinski definition) is 5. The zero-order valence-corrected chi connectivity index (χ0v) is 13.4. The number of rotatable bonds is 4. The van der Waals surface area contributed by atoms with Crippen molar-refractivity contribution in [1.82, 2.24) is 8.77 Å². The summed E-state index contributed by atoms with van der Waals surface area (Å²) >= 11 is 0. The molecule has 3 rings (SSSR count). The van der Waals surface area contributed by atoms with Crippen LogP contribution in [0, 0.1) is 0 Å². The van der Waals surface area contributed by atoms with Gasteiger partial charge < -0.3 is 10.5 Å². The molecular formula is C14H19N3O5S. The van der Waals surface area contributed by atoms with Crippen LogP contribution in [0.5, 0.6) is 0 Å². The Labute approximate surface area is 134 Å². The van der Waals surface area contributed by atoms with Gasteiger partial charge in [-0.1, -0.05) is 22.7 Å². The number of primary amides is 1. The predicted octanol–water partition coefficient (Wildman–Crippen LogP) is -0.307. The van der Waals surface area contributed by atoms with Crippen molar-refractivity contribution in [3.05, 3.63) is 35.4 Å². The first kappa shape index (κ1) is 16.3. The average Bonchev–Trinajstić information content (AvgIpc) is 3.06. The number of carbonyl (C=O) groups is 1. The fourth-order valence-electron chi connectivity index (χ4n) is 2.79. The second kappa shape index (κ2) is 6.54. The van der Waals surface area contributed by atoms with Crippen LogP contribution >= 0.6 is 0 Å². The van der Waals surface area contributed by atoms with Crippen LogP contribution < -0.4 is 5.73 Å². The lowest BCUT2D eigenvalue weighted by Gasteiger charge is -2.29. The minimum absolute atomic E-state index is 0.157. The number of nitrogens with zero attached hydrogens (tertiary/aromatic N) is 2. The van der Waals surface area contributed by atoms with Gasteiger partial charge in [0.15, 0.2) is 0 Å². The van der Waals surface area contributed by atoms with Crippen molar-refractivity contribution in [3.8, 4) is 0 Å². The highest BCUT2D eigenvalue weighted by Crippen LogP contribution is 2.29. The van der Waals surface area contributed by atoms with E-state index in [0.29, 0.717) is 37.4 Å². The van der Waals surface area contributed by atoms with Crippen LogP contribution in [0.1, 0.15) is 21.8 Å². The molecule has 9 heteroatoms. The van der Waals surface area contributed by atoms with Gasteiger partial charge in [-0.3, -0.25) is 9.63 Å². The fourth-order valence-corrected chi connectivity index (χ4v) is 4.22. The van der Waals surface area contributed by atoms with Crippen LogP contribution in [0.25, 0.3) is 0 Å². The van der Waals surface area contributed by atoms with Crippen molar-refractivity contribution in [3.63, 3.8) is 0 Å². The highest BCUT2D eigenvalue weighted by Gasteiger charge is 2.39. The van der Waals surface area contributed by atoms with Crippen molar-refractivity contribution < 1.29 is 22.8 Å². The third-order valence-corrected chi connectivity index (χ3v) is 5.80. The standard InChI is InChI=1S/C14H19N3O5S/c15-14(18)13-4-2-1-3-12(13)11-9-17(22-10-11)23(19,20)16-5-7-21-8-6-16/h1-4,11H,5-10H2,(H2,15,18)/t11-/m0/s1. The summed E-state index contributed by atoms with van der Waals surface area (Å²) in [6, 6.07) is 6.93. The van der Waals surface area contributed by atoms with Crippen molar-refractivity contribution in [2.75, 3.05) is 39.5 Å². The first-order valence-electron chi connectivity index (χ1n) is 7.37. The molecule has 1 atom stereocenters. The van der Waals surface area contributed by atoms with Crippen molar-refractivity contribution in [2.45, 2.75) is 5.92 Å². The number of hydroxylamine groups is 1. The molecule has 1 amide bonds. The van der Waals surface area contributed by atoms with Gasteiger partial charge in [-0.2, -0.15) is 12.7 Å². The van der Waals surface area contributed by atoms with E-state index in [1.54, 1.807) is 24.3 Å². The smallest absolute Gasteiger partial charge is 0.304 e. The molecule has 23 heavy (non-hydrogen) atoms. The SMILES string of the molecule is NC(=O)c1ccccc1[C@@H]1CON(S(=O)(=O)N2CCOCC2)C1. The van der Waals surface area contributed by atoms with E-state index in [0.717, 1.165) is 4.47 Å². The molecule has 2 heterocycles. The van der Waals surface area contributed by atoms with Crippen LogP contribution in [-0.2, 0) is 19.8 Å². The van der Waals surface area contributed by atoms with E-state index >= 15 is 0 Å². The second-order valence-corrected chi connectivity index (χ2v) is 7.27. The number of nitrogens with two attached hydrogens (primary N) is 1. The molecule has 1 aromatic carbocycles. The first-order chi connectivity index (χ1) is 11.0. The Morgan fingerprint density at radius 1 is 1.22 bits per heavy atom. The Balaban J connectivity index is 1.77. The van der Waals surface area contributed by atoms with Crippen molar-refractivity contribution in [2.24, 2.45) is 5.73 Å². The van der Waals surface area contributed by atoms with Gasteiger partial charge in [-0.25, -0.2) is 0 Å². The first-order valence-corrected chi connectivity index (χ1v) is 8.77. The molecule has 0 aliphatic carbocycles. The summed E-state index contributed by atoms with van der Waals surface area (Å²) in [5.74, 6) is -0.760. The van der Waals surface area contributed by atoms with Crippen LogP contribution in [0.15, 0.2) is 24.3 Å². The number of morpholine rings is 1. The number of amides is 1. The molecular weight excluding hydrogens is 322 g/mol. The van der Waals surface area contributed by atoms with Gasteiger partial charge in [-0.05, 0) is 11.6 Å². The number of carbonyl (C=O) groups excluding carboxylic acids is 1. The van der Waals surface area contributed by atoms with E-state index in [-0.39, 0.29) is 19.1 Å². The largest absolute Gasteiger partial charge is 0.379 e. The van der Waals surface area contributed by atoms with Crippen LogP contribution in [-0.4, -0.2) is 62.6 Å². The van der Waals surface area contributed by atoms with E-state index in [2.05, 4.69) is 0 Å². The molecule has 1 aromatic rings. The molecule has 8 nitrogen and oxygen atoms in total. The molecule has 2 saturated heterocycles. The Morgan fingerprint density at radius 3 is 2.61 bits per heavy atom. The van der Waals surface area contributed by atoms with Gasteiger partial charge in [0, 0.05) is 24.6 Å². The van der Waals surface area contributed by atoms with Crippen LogP contribution in [0.4, 0.5) is 0 Å². The van der Waals surface area contributed by atoms with Gasteiger partial charge in [0.1, 0.15) is 0 Å². The topological polar surface area (TPSA) is 102 Å². The maximum Gasteiger partial charge on any atom is 0.304 e. The second-order valence-electron chi connectivity index (χ2n) is 5.45. The Hall–Kier alpha value is -1.52. The summed E-state index contributed by atoms with van der Waals surface area (Å²) in [4.78, 5) is 16.9. The zero-order valence-electron chi connectivity index (χ0n) is 12.6. The van der Waals surface area contributed by atoms with E-state index in [1.165, 1.54) is 4.31 Å². The Kier molecular flexibility index (Phi) is 4.64. The highest BCUT2D eigenvalue weighted by atomic mass is 32.2. The van der Waals surface area contributed by atoms with Gasteiger partial charge in [0.25, 0.3) is 0 Å². The van der Waals surface area contributed by atoms with E-state index in [9.17, 15) is 13.2 Å². The predicted molar refractivity (Wildman–Crippen MR) is 81.7 cm³/mol. The number of benzene rings is 1. The van der Waals surface area contributed by atoms with E-state index in [1.807, 2.05) is 0 Å². The van der Waals surface area contributed by atoms with E-state index in [4.69, 9.17) is 15.3 Å². The monoisotopic (exact) mass is 341 g/mol. The van der Waals surface area contributed by atoms with Crippen LogP contribution in [0.3, 0.4) is 0 Å². The third-order valence-electron chi connectivity index (χ3n) is 4.01. The summed E-state index contributed by atoms with van der Waals surface area (Å²) in [5, 5.41) is 0. The lowest BCUT2D eigenvalue weighted by atomic mass is 9.95. The average molecular weight is 341 g/mol. The molecule has 0 radical (unpaired) electrons. The minimum atomic E-state index is -3.69. The Bertz CT molecular complexity index is 687. The third kappa shape index (κ3) is 3.24. The summed E-state index contributed by atoms with van der Waals surface area (Å²) < 4.78 is 32.6. The Morgan fingerprint density at radius 2 is 1.91 bits per heavy atom. The number of hydrogen-bond donors (Lipinski definition) is 1. The molecule has 2 aliphatic rings. The maximum absolute atomic E-state index is 12.6. The quantitative estimate of drug-likeness (QED) is 0.809. The number of ether oxygens (including phenoxy) is 1. The summed E-state index contributed by atoms with van der Waals surface area (Å²) in [6.07, 6.45) is 0. The molecule has 0 bridgehead atoms. The minimum Gasteiger partial charge on any atom is -0.379 e. The molecule has 126 valence electrons. The lowest BCUT2D eigenvalue weighted by molar-refractivity contribution is -0.0382. The van der Waals surface area contributed by atoms with Gasteiger partial charge in [0.05, 0.1) is 26.4 Å². The fraction of sp³-hybridized carbons (Fsp3) is 0.500.